The number of nitrogens with zero attached hydrogens (tertiary/aromatic N) is 4. The van der Waals surface area contributed by atoms with Crippen molar-refractivity contribution in [3.05, 3.63) is 59.9 Å². The van der Waals surface area contributed by atoms with Crippen LogP contribution in [-0.4, -0.2) is 32.1 Å². The molecule has 1 amide bonds. The van der Waals surface area contributed by atoms with Crippen molar-refractivity contribution in [2.45, 2.75) is 18.5 Å². The first-order valence-electron chi connectivity index (χ1n) is 9.32. The molecule has 0 atom stereocenters. The van der Waals surface area contributed by atoms with Gasteiger partial charge in [0, 0.05) is 5.56 Å². The van der Waals surface area contributed by atoms with Crippen molar-refractivity contribution in [1.82, 2.24) is 19.9 Å². The van der Waals surface area contributed by atoms with Gasteiger partial charge in [-0.2, -0.15) is 10.1 Å². The number of hydrogen-bond donors (Lipinski definition) is 2. The number of carbonyl (C=O) groups is 1. The summed E-state index contributed by atoms with van der Waals surface area (Å²) >= 11 is 1.33. The third kappa shape index (κ3) is 4.29. The summed E-state index contributed by atoms with van der Waals surface area (Å²) in [6, 6.07) is 13.6. The summed E-state index contributed by atoms with van der Waals surface area (Å²) in [5, 5.41) is 11.5. The molecule has 158 valence electrons. The molecule has 0 saturated carbocycles. The number of aryl methyl sites for hydroxylation is 1. The fraction of sp³-hybridized carbons (Fsp3) is 0.143. The molecule has 3 N–H and O–H groups in total. The van der Waals surface area contributed by atoms with Crippen LogP contribution in [0.1, 0.15) is 5.56 Å². The van der Waals surface area contributed by atoms with Crippen LogP contribution < -0.4 is 11.1 Å². The largest absolute Gasteiger partial charge is 0.383 e. The monoisotopic (exact) mass is 438 g/mol. The Morgan fingerprint density at radius 2 is 2.06 bits per heavy atom. The first-order chi connectivity index (χ1) is 15.0. The van der Waals surface area contributed by atoms with E-state index in [-0.39, 0.29) is 23.9 Å². The maximum atomic E-state index is 13.8. The van der Waals surface area contributed by atoms with Gasteiger partial charge < -0.3 is 15.6 Å². The van der Waals surface area contributed by atoms with E-state index in [0.717, 1.165) is 11.1 Å². The number of rotatable bonds is 6. The zero-order chi connectivity index (χ0) is 22.0. The molecule has 10 heteroatoms. The van der Waals surface area contributed by atoms with Gasteiger partial charge in [-0.3, -0.25) is 4.79 Å². The van der Waals surface area contributed by atoms with Crippen LogP contribution in [0.15, 0.2) is 58.1 Å². The molecule has 4 aromatic rings. The van der Waals surface area contributed by atoms with Gasteiger partial charge in [0.2, 0.25) is 11.7 Å². The number of nitrogens with two attached hydrogens (primary N) is 1. The van der Waals surface area contributed by atoms with E-state index < -0.39 is 11.7 Å². The Kier molecular flexibility index (Phi) is 5.72. The lowest BCUT2D eigenvalue weighted by Crippen LogP contribution is -2.21. The van der Waals surface area contributed by atoms with Crippen LogP contribution >= 0.6 is 11.8 Å². The number of aromatic nitrogens is 4. The molecule has 0 saturated heterocycles. The highest BCUT2D eigenvalue weighted by Crippen LogP contribution is 2.35. The van der Waals surface area contributed by atoms with Gasteiger partial charge in [-0.15, -0.1) is 11.8 Å². The van der Waals surface area contributed by atoms with Gasteiger partial charge in [-0.25, -0.2) is 9.07 Å². The second kappa shape index (κ2) is 8.60. The first-order valence-corrected chi connectivity index (χ1v) is 10.5. The Hall–Kier alpha value is -3.66. The van der Waals surface area contributed by atoms with Gasteiger partial charge in [0.25, 0.3) is 5.89 Å². The van der Waals surface area contributed by atoms with E-state index in [4.69, 9.17) is 10.3 Å². The highest BCUT2D eigenvalue weighted by Gasteiger charge is 2.24. The molecule has 0 unspecified atom stereocenters. The lowest BCUT2D eigenvalue weighted by atomic mass is 10.1. The molecule has 0 aliphatic carbocycles. The predicted octanol–water partition coefficient (Wildman–Crippen LogP) is 3.99. The number of halogens is 1. The maximum Gasteiger partial charge on any atom is 0.264 e. The van der Waals surface area contributed by atoms with Crippen LogP contribution in [-0.2, 0) is 11.3 Å². The summed E-state index contributed by atoms with van der Waals surface area (Å²) < 4.78 is 20.6. The molecule has 31 heavy (non-hydrogen) atoms. The van der Waals surface area contributed by atoms with E-state index in [0.29, 0.717) is 16.4 Å². The van der Waals surface area contributed by atoms with Crippen molar-refractivity contribution < 1.29 is 13.7 Å². The van der Waals surface area contributed by atoms with Crippen molar-refractivity contribution in [3.8, 4) is 22.8 Å². The Morgan fingerprint density at radius 1 is 1.26 bits per heavy atom. The second-order valence-electron chi connectivity index (χ2n) is 6.75. The fourth-order valence-corrected chi connectivity index (χ4v) is 3.61. The molecule has 8 nitrogen and oxygen atoms in total. The Balaban J connectivity index is 1.60. The molecule has 0 radical (unpaired) electrons. The topological polar surface area (TPSA) is 112 Å². The summed E-state index contributed by atoms with van der Waals surface area (Å²) in [7, 11) is 0. The molecular formula is C21H19FN6O2S. The Labute approximate surface area is 181 Å². The number of hydrogen-bond acceptors (Lipinski definition) is 7. The average molecular weight is 438 g/mol. The van der Waals surface area contributed by atoms with E-state index in [1.165, 1.54) is 28.6 Å². The van der Waals surface area contributed by atoms with Crippen LogP contribution in [0.2, 0.25) is 0 Å². The summed E-state index contributed by atoms with van der Waals surface area (Å²) in [6.07, 6.45) is 1.83. The molecular weight excluding hydrogens is 419 g/mol. The van der Waals surface area contributed by atoms with Crippen molar-refractivity contribution in [3.63, 3.8) is 0 Å². The van der Waals surface area contributed by atoms with Gasteiger partial charge in [-0.1, -0.05) is 41.1 Å². The highest BCUT2D eigenvalue weighted by atomic mass is 32.2. The quantitative estimate of drug-likeness (QED) is 0.438. The maximum absolute atomic E-state index is 13.8. The normalized spacial score (nSPS) is 10.9. The molecule has 0 bridgehead atoms. The summed E-state index contributed by atoms with van der Waals surface area (Å²) in [4.78, 5) is 16.9. The van der Waals surface area contributed by atoms with Gasteiger partial charge >= 0.3 is 0 Å². The van der Waals surface area contributed by atoms with Gasteiger partial charge in [0.05, 0.1) is 5.69 Å². The van der Waals surface area contributed by atoms with Gasteiger partial charge in [0.1, 0.15) is 28.8 Å². The molecule has 0 aliphatic rings. The summed E-state index contributed by atoms with van der Waals surface area (Å²) in [5.41, 5.74) is 8.69. The molecule has 0 spiro atoms. The summed E-state index contributed by atoms with van der Waals surface area (Å²) in [5.74, 6) is -0.157. The number of amides is 1. The summed E-state index contributed by atoms with van der Waals surface area (Å²) in [6.45, 7) is 1.78. The zero-order valence-corrected chi connectivity index (χ0v) is 17.6. The predicted molar refractivity (Wildman–Crippen MR) is 117 cm³/mol. The second-order valence-corrected chi connectivity index (χ2v) is 7.54. The third-order valence-electron chi connectivity index (χ3n) is 4.51. The molecule has 0 fully saturated rings. The molecule has 4 rings (SSSR count). The average Bonchev–Trinajstić information content (AvgIpc) is 3.34. The number of carbonyl (C=O) groups excluding carboxylic acids is 1. The van der Waals surface area contributed by atoms with Crippen molar-refractivity contribution in [2.24, 2.45) is 0 Å². The SMILES string of the molecule is CSc1nn(CC(=O)Nc2ccccc2F)c(N)c1-c1nc(-c2cccc(C)c2)no1. The Bertz CT molecular complexity index is 1250. The van der Waals surface area contributed by atoms with E-state index in [1.54, 1.807) is 12.1 Å². The van der Waals surface area contributed by atoms with Gasteiger partial charge in [-0.05, 0) is 31.4 Å². The molecule has 2 heterocycles. The number of nitrogen functional groups attached to an aromatic ring is 1. The first kappa shape index (κ1) is 20.6. The minimum Gasteiger partial charge on any atom is -0.383 e. The third-order valence-corrected chi connectivity index (χ3v) is 5.18. The molecule has 2 aromatic carbocycles. The number of anilines is 2. The van der Waals surface area contributed by atoms with Crippen molar-refractivity contribution >= 4 is 29.2 Å². The lowest BCUT2D eigenvalue weighted by molar-refractivity contribution is -0.116. The molecule has 2 aromatic heterocycles. The minimum absolute atomic E-state index is 0.0863. The van der Waals surface area contributed by atoms with Gasteiger partial charge in [0.15, 0.2) is 0 Å². The van der Waals surface area contributed by atoms with E-state index in [9.17, 15) is 9.18 Å². The van der Waals surface area contributed by atoms with Crippen LogP contribution in [0, 0.1) is 12.7 Å². The molecule has 0 aliphatic heterocycles. The number of benzene rings is 2. The van der Waals surface area contributed by atoms with E-state index >= 15 is 0 Å². The van der Waals surface area contributed by atoms with Crippen molar-refractivity contribution in [1.29, 1.82) is 0 Å². The van der Waals surface area contributed by atoms with E-state index in [1.807, 2.05) is 37.4 Å². The van der Waals surface area contributed by atoms with Crippen LogP contribution in [0.5, 0.6) is 0 Å². The number of nitrogens with one attached hydrogen (secondary N) is 1. The van der Waals surface area contributed by atoms with Crippen LogP contribution in [0.25, 0.3) is 22.8 Å². The highest BCUT2D eigenvalue weighted by molar-refractivity contribution is 7.98. The van der Waals surface area contributed by atoms with Crippen LogP contribution in [0.3, 0.4) is 0 Å². The standard InChI is InChI=1S/C21H19FN6O2S/c1-12-6-5-7-13(10-12)19-25-20(30-27-19)17-18(23)28(26-21(17)31-2)11-16(29)24-15-9-4-3-8-14(15)22/h3-10H,11,23H2,1-2H3,(H,24,29). The van der Waals surface area contributed by atoms with Crippen LogP contribution in [0.4, 0.5) is 15.9 Å². The lowest BCUT2D eigenvalue weighted by Gasteiger charge is -2.07. The number of thioether (sulfide) groups is 1. The number of para-hydroxylation sites is 1. The van der Waals surface area contributed by atoms with Crippen molar-refractivity contribution in [2.75, 3.05) is 17.3 Å². The fourth-order valence-electron chi connectivity index (χ4n) is 3.03. The smallest absolute Gasteiger partial charge is 0.264 e. The van der Waals surface area contributed by atoms with E-state index in [2.05, 4.69) is 20.6 Å². The Morgan fingerprint density at radius 3 is 2.81 bits per heavy atom. The zero-order valence-electron chi connectivity index (χ0n) is 16.8. The minimum atomic E-state index is -0.524.